The van der Waals surface area contributed by atoms with E-state index in [4.69, 9.17) is 0 Å². The van der Waals surface area contributed by atoms with Crippen LogP contribution in [0.4, 0.5) is 0 Å². The third kappa shape index (κ3) is 4.29. The average Bonchev–Trinajstić information content (AvgIpc) is 3.15. The standard InChI is InChI=1S/C19H21N5O/c1-13(2)16-9-22-18(23-10-16)14-4-3-5-15(8-14)19(25)21-7-6-17-11-20-12-24-17/h3-5,8-13H,6-7H2,1-2H3,(H,20,24)(H,21,25). The quantitative estimate of drug-likeness (QED) is 0.725. The van der Waals surface area contributed by atoms with Crippen LogP contribution in [0.5, 0.6) is 0 Å². The largest absolute Gasteiger partial charge is 0.352 e. The van der Waals surface area contributed by atoms with E-state index < -0.39 is 0 Å². The molecular weight excluding hydrogens is 314 g/mol. The molecule has 25 heavy (non-hydrogen) atoms. The van der Waals surface area contributed by atoms with Crippen LogP contribution in [0, 0.1) is 0 Å². The van der Waals surface area contributed by atoms with Crippen LogP contribution in [0.15, 0.2) is 49.2 Å². The Hall–Kier alpha value is -3.02. The van der Waals surface area contributed by atoms with Crippen LogP contribution in [0.2, 0.25) is 0 Å². The molecular formula is C19H21N5O. The molecule has 0 aliphatic rings. The van der Waals surface area contributed by atoms with Crippen molar-refractivity contribution in [2.75, 3.05) is 6.54 Å². The fourth-order valence-electron chi connectivity index (χ4n) is 2.42. The van der Waals surface area contributed by atoms with E-state index in [0.29, 0.717) is 30.3 Å². The molecule has 6 nitrogen and oxygen atoms in total. The molecule has 0 spiro atoms. The number of nitrogens with one attached hydrogen (secondary N) is 2. The first-order valence-corrected chi connectivity index (χ1v) is 8.31. The van der Waals surface area contributed by atoms with E-state index in [1.165, 1.54) is 0 Å². The maximum absolute atomic E-state index is 12.3. The molecule has 3 rings (SSSR count). The molecule has 0 unspecified atom stereocenters. The molecule has 0 aliphatic heterocycles. The fraction of sp³-hybridized carbons (Fsp3) is 0.263. The van der Waals surface area contributed by atoms with E-state index in [-0.39, 0.29) is 5.91 Å². The van der Waals surface area contributed by atoms with Crippen LogP contribution in [0.1, 0.15) is 41.4 Å². The van der Waals surface area contributed by atoms with Gasteiger partial charge in [0.2, 0.25) is 0 Å². The molecule has 0 fully saturated rings. The Morgan fingerprint density at radius 3 is 2.68 bits per heavy atom. The molecule has 2 aromatic heterocycles. The second-order valence-electron chi connectivity index (χ2n) is 6.16. The lowest BCUT2D eigenvalue weighted by Crippen LogP contribution is -2.25. The van der Waals surface area contributed by atoms with Gasteiger partial charge in [-0.25, -0.2) is 15.0 Å². The van der Waals surface area contributed by atoms with Gasteiger partial charge in [0.05, 0.1) is 6.33 Å². The Balaban J connectivity index is 1.66. The lowest BCUT2D eigenvalue weighted by molar-refractivity contribution is 0.0954. The highest BCUT2D eigenvalue weighted by Crippen LogP contribution is 2.18. The van der Waals surface area contributed by atoms with Gasteiger partial charge in [0.25, 0.3) is 5.91 Å². The smallest absolute Gasteiger partial charge is 0.251 e. The number of amides is 1. The summed E-state index contributed by atoms with van der Waals surface area (Å²) in [5.74, 6) is 0.901. The lowest BCUT2D eigenvalue weighted by atomic mass is 10.1. The summed E-state index contributed by atoms with van der Waals surface area (Å²) in [6.07, 6.45) is 7.77. The van der Waals surface area contributed by atoms with Crippen molar-refractivity contribution in [1.29, 1.82) is 0 Å². The first-order valence-electron chi connectivity index (χ1n) is 8.31. The Morgan fingerprint density at radius 2 is 2.00 bits per heavy atom. The summed E-state index contributed by atoms with van der Waals surface area (Å²) in [5, 5.41) is 2.91. The van der Waals surface area contributed by atoms with Crippen LogP contribution >= 0.6 is 0 Å². The Labute approximate surface area is 146 Å². The number of benzene rings is 1. The molecule has 6 heteroatoms. The summed E-state index contributed by atoms with van der Waals surface area (Å²) in [6.45, 7) is 4.75. The van der Waals surface area contributed by atoms with Gasteiger partial charge < -0.3 is 10.3 Å². The number of nitrogens with zero attached hydrogens (tertiary/aromatic N) is 3. The van der Waals surface area contributed by atoms with E-state index in [1.807, 2.05) is 30.6 Å². The molecule has 0 bridgehead atoms. The maximum atomic E-state index is 12.3. The van der Waals surface area contributed by atoms with Gasteiger partial charge >= 0.3 is 0 Å². The van der Waals surface area contributed by atoms with Crippen molar-refractivity contribution in [1.82, 2.24) is 25.3 Å². The summed E-state index contributed by atoms with van der Waals surface area (Å²) in [5.41, 5.74) is 3.51. The molecule has 1 amide bonds. The molecule has 0 saturated heterocycles. The Morgan fingerprint density at radius 1 is 1.20 bits per heavy atom. The zero-order valence-corrected chi connectivity index (χ0v) is 14.4. The van der Waals surface area contributed by atoms with Gasteiger partial charge in [-0.05, 0) is 23.6 Å². The average molecular weight is 335 g/mol. The molecule has 0 saturated carbocycles. The third-order valence-corrected chi connectivity index (χ3v) is 3.96. The van der Waals surface area contributed by atoms with Gasteiger partial charge in [-0.15, -0.1) is 0 Å². The summed E-state index contributed by atoms with van der Waals surface area (Å²) >= 11 is 0. The summed E-state index contributed by atoms with van der Waals surface area (Å²) in [6, 6.07) is 7.36. The number of aromatic nitrogens is 4. The predicted molar refractivity (Wildman–Crippen MR) is 96.2 cm³/mol. The van der Waals surface area contributed by atoms with Gasteiger partial charge in [-0.3, -0.25) is 4.79 Å². The molecule has 0 atom stereocenters. The van der Waals surface area contributed by atoms with Gasteiger partial charge in [0.1, 0.15) is 0 Å². The Bertz CT molecular complexity index is 825. The van der Waals surface area contributed by atoms with E-state index in [1.54, 1.807) is 18.6 Å². The highest BCUT2D eigenvalue weighted by Gasteiger charge is 2.09. The minimum Gasteiger partial charge on any atom is -0.352 e. The Kier molecular flexibility index (Phi) is 5.18. The van der Waals surface area contributed by atoms with Crippen LogP contribution in [0.3, 0.4) is 0 Å². The van der Waals surface area contributed by atoms with Crippen molar-refractivity contribution in [3.05, 3.63) is 66.0 Å². The van der Waals surface area contributed by atoms with Crippen molar-refractivity contribution >= 4 is 5.91 Å². The molecule has 128 valence electrons. The first-order chi connectivity index (χ1) is 12.1. The highest BCUT2D eigenvalue weighted by molar-refractivity contribution is 5.95. The second kappa shape index (κ2) is 7.70. The van der Waals surface area contributed by atoms with Crippen LogP contribution in [-0.2, 0) is 6.42 Å². The van der Waals surface area contributed by atoms with Crippen molar-refractivity contribution in [2.45, 2.75) is 26.2 Å². The molecule has 3 aromatic rings. The van der Waals surface area contributed by atoms with Gasteiger partial charge in [-0.1, -0.05) is 26.0 Å². The number of imidazole rings is 1. The fourth-order valence-corrected chi connectivity index (χ4v) is 2.42. The summed E-state index contributed by atoms with van der Waals surface area (Å²) in [7, 11) is 0. The van der Waals surface area contributed by atoms with E-state index in [9.17, 15) is 4.79 Å². The number of hydrogen-bond donors (Lipinski definition) is 2. The zero-order valence-electron chi connectivity index (χ0n) is 14.4. The van der Waals surface area contributed by atoms with Crippen molar-refractivity contribution in [2.24, 2.45) is 0 Å². The lowest BCUT2D eigenvalue weighted by Gasteiger charge is -2.07. The third-order valence-electron chi connectivity index (χ3n) is 3.96. The molecule has 0 radical (unpaired) electrons. The number of rotatable bonds is 6. The monoisotopic (exact) mass is 335 g/mol. The molecule has 2 N–H and O–H groups in total. The van der Waals surface area contributed by atoms with Gasteiger partial charge in [0.15, 0.2) is 5.82 Å². The second-order valence-corrected chi connectivity index (χ2v) is 6.16. The topological polar surface area (TPSA) is 83.6 Å². The predicted octanol–water partition coefficient (Wildman–Crippen LogP) is 2.96. The zero-order chi connectivity index (χ0) is 17.6. The van der Waals surface area contributed by atoms with Gasteiger partial charge in [0, 0.05) is 48.4 Å². The normalized spacial score (nSPS) is 10.8. The minimum atomic E-state index is -0.111. The number of carbonyl (C=O) groups excluding carboxylic acids is 1. The minimum absolute atomic E-state index is 0.111. The van der Waals surface area contributed by atoms with Crippen LogP contribution in [-0.4, -0.2) is 32.4 Å². The van der Waals surface area contributed by atoms with Crippen molar-refractivity contribution < 1.29 is 4.79 Å². The first kappa shape index (κ1) is 16.8. The van der Waals surface area contributed by atoms with E-state index in [2.05, 4.69) is 39.1 Å². The summed E-state index contributed by atoms with van der Waals surface area (Å²) in [4.78, 5) is 28.1. The van der Waals surface area contributed by atoms with Gasteiger partial charge in [-0.2, -0.15) is 0 Å². The molecule has 0 aliphatic carbocycles. The molecule has 2 heterocycles. The van der Waals surface area contributed by atoms with E-state index >= 15 is 0 Å². The number of aromatic amines is 1. The summed E-state index contributed by atoms with van der Waals surface area (Å²) < 4.78 is 0. The number of H-pyrrole nitrogens is 1. The van der Waals surface area contributed by atoms with Crippen molar-refractivity contribution in [3.8, 4) is 11.4 Å². The molecule has 1 aromatic carbocycles. The SMILES string of the molecule is CC(C)c1cnc(-c2cccc(C(=O)NCCc3cnc[nH]3)c2)nc1. The highest BCUT2D eigenvalue weighted by atomic mass is 16.1. The van der Waals surface area contributed by atoms with Crippen LogP contribution in [0.25, 0.3) is 11.4 Å². The maximum Gasteiger partial charge on any atom is 0.251 e. The van der Waals surface area contributed by atoms with E-state index in [0.717, 1.165) is 16.8 Å². The van der Waals surface area contributed by atoms with Crippen molar-refractivity contribution in [3.63, 3.8) is 0 Å². The number of hydrogen-bond acceptors (Lipinski definition) is 4. The van der Waals surface area contributed by atoms with Crippen LogP contribution < -0.4 is 5.32 Å². The number of carbonyl (C=O) groups is 1.